The number of tetrazole rings is 1. The fourth-order valence-corrected chi connectivity index (χ4v) is 3.11. The first-order chi connectivity index (χ1) is 14.2. The van der Waals surface area contributed by atoms with Crippen molar-refractivity contribution in [1.29, 1.82) is 0 Å². The van der Waals surface area contributed by atoms with Gasteiger partial charge in [-0.3, -0.25) is 4.79 Å². The van der Waals surface area contributed by atoms with E-state index in [2.05, 4.69) is 20.8 Å². The molecule has 0 aliphatic carbocycles. The summed E-state index contributed by atoms with van der Waals surface area (Å²) in [7, 11) is 0. The fraction of sp³-hybridized carbons (Fsp3) is 0.143. The zero-order chi connectivity index (χ0) is 20.2. The number of halogens is 1. The Labute approximate surface area is 166 Å². The molecule has 1 aromatic heterocycles. The number of carbonyl (C=O) groups is 1. The largest absolute Gasteiger partial charge is 0.493 e. The second kappa shape index (κ2) is 8.05. The van der Waals surface area contributed by atoms with Crippen molar-refractivity contribution in [1.82, 2.24) is 25.5 Å². The minimum atomic E-state index is -0.351. The molecule has 0 aliphatic rings. The van der Waals surface area contributed by atoms with Gasteiger partial charge >= 0.3 is 0 Å². The van der Waals surface area contributed by atoms with Gasteiger partial charge in [-0.05, 0) is 58.5 Å². The van der Waals surface area contributed by atoms with Crippen molar-refractivity contribution in [3.63, 3.8) is 0 Å². The van der Waals surface area contributed by atoms with Gasteiger partial charge in [0.15, 0.2) is 5.82 Å². The summed E-state index contributed by atoms with van der Waals surface area (Å²) in [6.07, 6.45) is 0. The van der Waals surface area contributed by atoms with Crippen molar-refractivity contribution in [2.75, 3.05) is 6.61 Å². The number of hydrogen-bond donors (Lipinski definition) is 1. The minimum absolute atomic E-state index is 0.0952. The molecule has 0 saturated heterocycles. The highest BCUT2D eigenvalue weighted by Gasteiger charge is 2.18. The molecular formula is C21H18FN5O2. The highest BCUT2D eigenvalue weighted by molar-refractivity contribution is 6.09. The Morgan fingerprint density at radius 3 is 2.69 bits per heavy atom. The normalized spacial score (nSPS) is 10.8. The molecule has 29 heavy (non-hydrogen) atoms. The Hall–Kier alpha value is -3.81. The molecule has 8 heteroatoms. The third-order valence-electron chi connectivity index (χ3n) is 4.43. The van der Waals surface area contributed by atoms with Crippen LogP contribution in [0.5, 0.6) is 5.75 Å². The molecule has 4 aromatic rings. The molecule has 0 bridgehead atoms. The van der Waals surface area contributed by atoms with E-state index < -0.39 is 0 Å². The maximum atomic E-state index is 13.2. The molecule has 7 nitrogen and oxygen atoms in total. The summed E-state index contributed by atoms with van der Waals surface area (Å²) in [5.41, 5.74) is 1.06. The van der Waals surface area contributed by atoms with Gasteiger partial charge in [0.05, 0.1) is 24.4 Å². The van der Waals surface area contributed by atoms with Crippen LogP contribution in [0.1, 0.15) is 23.1 Å². The van der Waals surface area contributed by atoms with E-state index in [-0.39, 0.29) is 18.3 Å². The van der Waals surface area contributed by atoms with Crippen LogP contribution in [0.3, 0.4) is 0 Å². The van der Waals surface area contributed by atoms with Crippen molar-refractivity contribution >= 4 is 16.7 Å². The number of amides is 1. The maximum Gasteiger partial charge on any atom is 0.256 e. The first-order valence-corrected chi connectivity index (χ1v) is 9.13. The van der Waals surface area contributed by atoms with Crippen molar-refractivity contribution in [2.24, 2.45) is 0 Å². The van der Waals surface area contributed by atoms with Crippen LogP contribution in [0.15, 0.2) is 60.7 Å². The number of aromatic nitrogens is 4. The molecule has 0 fully saturated rings. The summed E-state index contributed by atoms with van der Waals surface area (Å²) in [5.74, 6) is 0.292. The van der Waals surface area contributed by atoms with Crippen LogP contribution in [0.4, 0.5) is 4.39 Å². The van der Waals surface area contributed by atoms with Gasteiger partial charge in [-0.1, -0.05) is 30.3 Å². The van der Waals surface area contributed by atoms with Crippen molar-refractivity contribution in [3.8, 4) is 11.4 Å². The maximum absolute atomic E-state index is 13.2. The van der Waals surface area contributed by atoms with Gasteiger partial charge in [-0.25, -0.2) is 4.39 Å². The lowest BCUT2D eigenvalue weighted by molar-refractivity contribution is 0.0947. The SMILES string of the molecule is CCOc1ccc2ccccc2c1C(=O)NCc1nnnn1-c1ccc(F)cc1. The average molecular weight is 391 g/mol. The predicted octanol–water partition coefficient (Wildman–Crippen LogP) is 3.28. The third-order valence-corrected chi connectivity index (χ3v) is 4.43. The second-order valence-corrected chi connectivity index (χ2v) is 6.26. The quantitative estimate of drug-likeness (QED) is 0.545. The van der Waals surface area contributed by atoms with Gasteiger partial charge in [0, 0.05) is 0 Å². The topological polar surface area (TPSA) is 81.9 Å². The molecule has 0 aliphatic heterocycles. The zero-order valence-corrected chi connectivity index (χ0v) is 15.7. The first kappa shape index (κ1) is 18.5. The number of fused-ring (bicyclic) bond motifs is 1. The molecule has 146 valence electrons. The number of benzene rings is 3. The summed E-state index contributed by atoms with van der Waals surface area (Å²) in [6.45, 7) is 2.41. The van der Waals surface area contributed by atoms with Crippen molar-refractivity contribution in [2.45, 2.75) is 13.5 Å². The Morgan fingerprint density at radius 1 is 1.10 bits per heavy atom. The van der Waals surface area contributed by atoms with Crippen LogP contribution in [0.2, 0.25) is 0 Å². The zero-order valence-electron chi connectivity index (χ0n) is 15.7. The smallest absolute Gasteiger partial charge is 0.256 e. The predicted molar refractivity (Wildman–Crippen MR) is 105 cm³/mol. The lowest BCUT2D eigenvalue weighted by atomic mass is 10.0. The van der Waals surface area contributed by atoms with Gasteiger partial charge in [0.1, 0.15) is 11.6 Å². The molecular weight excluding hydrogens is 373 g/mol. The Bertz CT molecular complexity index is 1160. The molecule has 0 spiro atoms. The number of rotatable bonds is 6. The van der Waals surface area contributed by atoms with E-state index >= 15 is 0 Å². The van der Waals surface area contributed by atoms with Gasteiger partial charge in [0.25, 0.3) is 5.91 Å². The van der Waals surface area contributed by atoms with Crippen LogP contribution in [-0.2, 0) is 6.54 Å². The van der Waals surface area contributed by atoms with Crippen LogP contribution in [0, 0.1) is 5.82 Å². The highest BCUT2D eigenvalue weighted by atomic mass is 19.1. The average Bonchev–Trinajstić information content (AvgIpc) is 3.21. The molecule has 3 aromatic carbocycles. The second-order valence-electron chi connectivity index (χ2n) is 6.26. The summed E-state index contributed by atoms with van der Waals surface area (Å²) >= 11 is 0. The van der Waals surface area contributed by atoms with Gasteiger partial charge < -0.3 is 10.1 Å². The summed E-state index contributed by atoms with van der Waals surface area (Å²) < 4.78 is 20.3. The van der Waals surface area contributed by atoms with E-state index in [1.807, 2.05) is 37.3 Å². The third kappa shape index (κ3) is 3.77. The molecule has 0 saturated carbocycles. The Balaban J connectivity index is 1.61. The summed E-state index contributed by atoms with van der Waals surface area (Å²) in [6, 6.07) is 17.1. The van der Waals surface area contributed by atoms with E-state index in [0.29, 0.717) is 29.4 Å². The van der Waals surface area contributed by atoms with Crippen LogP contribution in [-0.4, -0.2) is 32.7 Å². The lowest BCUT2D eigenvalue weighted by Gasteiger charge is -2.13. The highest BCUT2D eigenvalue weighted by Crippen LogP contribution is 2.28. The van der Waals surface area contributed by atoms with E-state index in [1.165, 1.54) is 16.8 Å². The van der Waals surface area contributed by atoms with Crippen LogP contribution >= 0.6 is 0 Å². The number of hydrogen-bond acceptors (Lipinski definition) is 5. The van der Waals surface area contributed by atoms with Gasteiger partial charge in [-0.15, -0.1) is 5.10 Å². The molecule has 0 unspecified atom stereocenters. The monoisotopic (exact) mass is 391 g/mol. The standard InChI is InChI=1S/C21H18FN5O2/c1-2-29-18-12-7-14-5-3-4-6-17(14)20(18)21(28)23-13-19-24-25-26-27(19)16-10-8-15(22)9-11-16/h3-12H,2,13H2,1H3,(H,23,28). The molecule has 1 amide bonds. The van der Waals surface area contributed by atoms with Gasteiger partial charge in [0.2, 0.25) is 0 Å². The Morgan fingerprint density at radius 2 is 1.90 bits per heavy atom. The molecule has 0 atom stereocenters. The van der Waals surface area contributed by atoms with E-state index in [0.717, 1.165) is 10.8 Å². The summed E-state index contributed by atoms with van der Waals surface area (Å²) in [5, 5.41) is 16.1. The first-order valence-electron chi connectivity index (χ1n) is 9.13. The van der Waals surface area contributed by atoms with Crippen molar-refractivity contribution in [3.05, 3.63) is 77.9 Å². The number of carbonyl (C=O) groups excluding carboxylic acids is 1. The van der Waals surface area contributed by atoms with Gasteiger partial charge in [-0.2, -0.15) is 4.68 Å². The lowest BCUT2D eigenvalue weighted by Crippen LogP contribution is -2.25. The number of nitrogens with zero attached hydrogens (tertiary/aromatic N) is 4. The molecule has 1 N–H and O–H groups in total. The Kier molecular flexibility index (Phi) is 5.15. The summed E-state index contributed by atoms with van der Waals surface area (Å²) in [4.78, 5) is 13.0. The van der Waals surface area contributed by atoms with E-state index in [9.17, 15) is 9.18 Å². The number of nitrogens with one attached hydrogen (secondary N) is 1. The molecule has 4 rings (SSSR count). The van der Waals surface area contributed by atoms with E-state index in [4.69, 9.17) is 4.74 Å². The van der Waals surface area contributed by atoms with Crippen LogP contribution < -0.4 is 10.1 Å². The van der Waals surface area contributed by atoms with Crippen LogP contribution in [0.25, 0.3) is 16.5 Å². The molecule has 0 radical (unpaired) electrons. The number of ether oxygens (including phenoxy) is 1. The fourth-order valence-electron chi connectivity index (χ4n) is 3.11. The van der Waals surface area contributed by atoms with E-state index in [1.54, 1.807) is 18.2 Å². The molecule has 1 heterocycles. The minimum Gasteiger partial charge on any atom is -0.493 e. The van der Waals surface area contributed by atoms with Crippen molar-refractivity contribution < 1.29 is 13.9 Å².